The number of hydrogen-bond donors (Lipinski definition) is 1. The molecule has 0 saturated carbocycles. The molecule has 1 atom stereocenters. The van der Waals surface area contributed by atoms with Crippen molar-refractivity contribution in [3.8, 4) is 11.3 Å². The van der Waals surface area contributed by atoms with E-state index in [-0.39, 0.29) is 10.7 Å². The maximum Gasteiger partial charge on any atom is 0.326 e. The number of carboxylic acids is 1. The fourth-order valence-corrected chi connectivity index (χ4v) is 4.10. The summed E-state index contributed by atoms with van der Waals surface area (Å²) in [6.45, 7) is 1.70. The second-order valence-corrected chi connectivity index (χ2v) is 7.64. The maximum atomic E-state index is 12.6. The van der Waals surface area contributed by atoms with Gasteiger partial charge in [-0.2, -0.15) is 0 Å². The molecule has 5 nitrogen and oxygen atoms in total. The highest BCUT2D eigenvalue weighted by Crippen LogP contribution is 2.35. The van der Waals surface area contributed by atoms with Gasteiger partial charge >= 0.3 is 5.97 Å². The average molecular weight is 408 g/mol. The van der Waals surface area contributed by atoms with Gasteiger partial charge in [0, 0.05) is 16.7 Å². The number of amides is 1. The average Bonchev–Trinajstić information content (AvgIpc) is 3.16. The monoisotopic (exact) mass is 407 g/mol. The highest BCUT2D eigenvalue weighted by Gasteiger charge is 2.39. The van der Waals surface area contributed by atoms with Crippen LogP contribution in [0.5, 0.6) is 0 Å². The van der Waals surface area contributed by atoms with Crippen molar-refractivity contribution in [2.75, 3.05) is 0 Å². The van der Waals surface area contributed by atoms with Gasteiger partial charge in [0.1, 0.15) is 21.9 Å². The Morgan fingerprint density at radius 2 is 2.19 bits per heavy atom. The number of carboxylic acid groups (broad SMARTS) is 1. The number of rotatable bonds is 5. The van der Waals surface area contributed by atoms with Crippen molar-refractivity contribution in [2.24, 2.45) is 0 Å². The van der Waals surface area contributed by atoms with E-state index >= 15 is 0 Å². The van der Waals surface area contributed by atoms with Gasteiger partial charge in [0.2, 0.25) is 0 Å². The molecule has 1 aliphatic heterocycles. The van der Waals surface area contributed by atoms with Crippen LogP contribution in [0.4, 0.5) is 0 Å². The molecule has 134 valence electrons. The summed E-state index contributed by atoms with van der Waals surface area (Å²) in [5, 5.41) is 9.88. The summed E-state index contributed by atoms with van der Waals surface area (Å²) in [6.07, 6.45) is 1.84. The van der Waals surface area contributed by atoms with Crippen molar-refractivity contribution in [1.82, 2.24) is 4.90 Å². The molecule has 26 heavy (non-hydrogen) atoms. The first-order chi connectivity index (χ1) is 12.4. The number of benzene rings is 1. The van der Waals surface area contributed by atoms with Crippen LogP contribution >= 0.6 is 35.6 Å². The quantitative estimate of drug-likeness (QED) is 0.574. The van der Waals surface area contributed by atoms with E-state index in [1.165, 1.54) is 0 Å². The third kappa shape index (κ3) is 3.70. The second-order valence-electron chi connectivity index (χ2n) is 5.53. The molecule has 1 N–H and O–H groups in total. The third-order valence-electron chi connectivity index (χ3n) is 3.82. The van der Waals surface area contributed by atoms with Crippen molar-refractivity contribution in [2.45, 2.75) is 19.4 Å². The van der Waals surface area contributed by atoms with E-state index in [2.05, 4.69) is 0 Å². The van der Waals surface area contributed by atoms with Crippen LogP contribution in [0.15, 0.2) is 45.7 Å². The van der Waals surface area contributed by atoms with Gasteiger partial charge in [-0.15, -0.1) is 0 Å². The third-order valence-corrected chi connectivity index (χ3v) is 5.38. The van der Waals surface area contributed by atoms with Crippen LogP contribution in [0.25, 0.3) is 17.4 Å². The zero-order valence-corrected chi connectivity index (χ0v) is 16.0. The van der Waals surface area contributed by atoms with E-state index in [1.807, 2.05) is 12.1 Å². The SMILES string of the molecule is CCC(C(=O)O)N1C(=O)/C(=C\c2ccc(-c3cccc(Cl)c3)o2)SC1=S. The maximum absolute atomic E-state index is 12.6. The Labute approximate surface area is 164 Å². The zero-order valence-electron chi connectivity index (χ0n) is 13.6. The van der Waals surface area contributed by atoms with E-state index in [0.717, 1.165) is 22.2 Å². The number of thiocarbonyl (C=S) groups is 1. The van der Waals surface area contributed by atoms with E-state index in [4.69, 9.17) is 28.2 Å². The Hall–Kier alpha value is -2.09. The largest absolute Gasteiger partial charge is 0.480 e. The van der Waals surface area contributed by atoms with Gasteiger partial charge < -0.3 is 9.52 Å². The number of carbonyl (C=O) groups excluding carboxylic acids is 1. The summed E-state index contributed by atoms with van der Waals surface area (Å²) in [5.74, 6) is -0.406. The number of aliphatic carboxylic acids is 1. The van der Waals surface area contributed by atoms with Gasteiger partial charge in [0.15, 0.2) is 0 Å². The van der Waals surface area contributed by atoms with Gasteiger partial charge in [0.05, 0.1) is 4.91 Å². The summed E-state index contributed by atoms with van der Waals surface area (Å²) >= 11 is 12.2. The molecule has 1 amide bonds. The standard InChI is InChI=1S/C18H14ClNO4S2/c1-2-13(17(22)23)20-16(21)15(26-18(20)25)9-12-6-7-14(24-12)10-4-3-5-11(19)8-10/h3-9,13H,2H2,1H3,(H,22,23)/b15-9+. The van der Waals surface area contributed by atoms with Gasteiger partial charge in [-0.25, -0.2) is 4.79 Å². The van der Waals surface area contributed by atoms with E-state index in [0.29, 0.717) is 21.4 Å². The minimum absolute atomic E-state index is 0.233. The molecule has 0 radical (unpaired) electrons. The highest BCUT2D eigenvalue weighted by molar-refractivity contribution is 8.26. The van der Waals surface area contributed by atoms with Gasteiger partial charge in [0.25, 0.3) is 5.91 Å². The van der Waals surface area contributed by atoms with Crippen molar-refractivity contribution in [3.05, 3.63) is 52.1 Å². The van der Waals surface area contributed by atoms with E-state index in [9.17, 15) is 14.7 Å². The van der Waals surface area contributed by atoms with Crippen molar-refractivity contribution >= 4 is 57.9 Å². The lowest BCUT2D eigenvalue weighted by molar-refractivity contribution is -0.145. The number of hydrogen-bond acceptors (Lipinski definition) is 5. The Morgan fingerprint density at radius 1 is 1.42 bits per heavy atom. The van der Waals surface area contributed by atoms with Crippen LogP contribution in [0.1, 0.15) is 19.1 Å². The second kappa shape index (κ2) is 7.65. The van der Waals surface area contributed by atoms with Crippen LogP contribution < -0.4 is 0 Å². The Morgan fingerprint density at radius 3 is 2.85 bits per heavy atom. The molecule has 1 aromatic carbocycles. The lowest BCUT2D eigenvalue weighted by Crippen LogP contribution is -2.43. The molecule has 2 heterocycles. The molecule has 1 aromatic heterocycles. The molecule has 2 aromatic rings. The topological polar surface area (TPSA) is 70.8 Å². The minimum atomic E-state index is -1.08. The number of furan rings is 1. The van der Waals surface area contributed by atoms with Crippen molar-refractivity contribution in [3.63, 3.8) is 0 Å². The van der Waals surface area contributed by atoms with E-state index in [1.54, 1.807) is 37.3 Å². The predicted octanol–water partition coefficient (Wildman–Crippen LogP) is 4.66. The fraction of sp³-hybridized carbons (Fsp3) is 0.167. The molecular formula is C18H14ClNO4S2. The first-order valence-electron chi connectivity index (χ1n) is 7.76. The van der Waals surface area contributed by atoms with Crippen molar-refractivity contribution < 1.29 is 19.1 Å². The molecule has 1 saturated heterocycles. The lowest BCUT2D eigenvalue weighted by atomic mass is 10.2. The summed E-state index contributed by atoms with van der Waals surface area (Å²) in [4.78, 5) is 25.4. The van der Waals surface area contributed by atoms with Crippen LogP contribution in [0.3, 0.4) is 0 Å². The van der Waals surface area contributed by atoms with Crippen LogP contribution in [0, 0.1) is 0 Å². The Balaban J connectivity index is 1.86. The molecule has 0 aliphatic carbocycles. The van der Waals surface area contributed by atoms with Gasteiger partial charge in [-0.3, -0.25) is 9.69 Å². The van der Waals surface area contributed by atoms with E-state index < -0.39 is 17.9 Å². The van der Waals surface area contributed by atoms with Gasteiger partial charge in [-0.1, -0.05) is 54.6 Å². The zero-order chi connectivity index (χ0) is 18.8. The molecule has 1 aliphatic rings. The first kappa shape index (κ1) is 18.7. The molecule has 8 heteroatoms. The van der Waals surface area contributed by atoms with Crippen LogP contribution in [-0.4, -0.2) is 32.2 Å². The molecule has 3 rings (SSSR count). The Bertz CT molecular complexity index is 921. The highest BCUT2D eigenvalue weighted by atomic mass is 35.5. The molecular weight excluding hydrogens is 394 g/mol. The number of carbonyl (C=O) groups is 2. The molecule has 0 bridgehead atoms. The molecule has 1 fully saturated rings. The first-order valence-corrected chi connectivity index (χ1v) is 9.36. The summed E-state index contributed by atoms with van der Waals surface area (Å²) in [7, 11) is 0. The Kier molecular flexibility index (Phi) is 5.50. The normalized spacial score (nSPS) is 17.2. The summed E-state index contributed by atoms with van der Waals surface area (Å²) in [5.41, 5.74) is 0.821. The fourth-order valence-electron chi connectivity index (χ4n) is 2.57. The number of nitrogens with zero attached hydrogens (tertiary/aromatic N) is 1. The van der Waals surface area contributed by atoms with Crippen LogP contribution in [-0.2, 0) is 9.59 Å². The summed E-state index contributed by atoms with van der Waals surface area (Å²) in [6, 6.07) is 9.79. The van der Waals surface area contributed by atoms with Crippen LogP contribution in [0.2, 0.25) is 5.02 Å². The lowest BCUT2D eigenvalue weighted by Gasteiger charge is -2.21. The molecule has 0 spiro atoms. The van der Waals surface area contributed by atoms with Crippen molar-refractivity contribution in [1.29, 1.82) is 0 Å². The predicted molar refractivity (Wildman–Crippen MR) is 106 cm³/mol. The smallest absolute Gasteiger partial charge is 0.326 e. The van der Waals surface area contributed by atoms with Gasteiger partial charge in [-0.05, 0) is 30.7 Å². The molecule has 1 unspecified atom stereocenters. The number of thioether (sulfide) groups is 1. The number of halogens is 1. The summed E-state index contributed by atoms with van der Waals surface area (Å²) < 4.78 is 5.99. The minimum Gasteiger partial charge on any atom is -0.480 e.